The molecule has 0 aromatic rings. The first-order chi connectivity index (χ1) is 8.70. The van der Waals surface area contributed by atoms with Crippen LogP contribution < -0.4 is 0 Å². The van der Waals surface area contributed by atoms with Crippen molar-refractivity contribution in [2.45, 2.75) is 38.5 Å². The van der Waals surface area contributed by atoms with Crippen molar-refractivity contribution in [1.29, 1.82) is 0 Å². The largest absolute Gasteiger partial charge is 0.481 e. The van der Waals surface area contributed by atoms with Crippen LogP contribution in [0.5, 0.6) is 0 Å². The van der Waals surface area contributed by atoms with Gasteiger partial charge in [0.2, 0.25) is 5.91 Å². The molecule has 0 radical (unpaired) electrons. The van der Waals surface area contributed by atoms with Gasteiger partial charge in [0, 0.05) is 13.1 Å². The molecular weight excluding hydrogens is 230 g/mol. The number of allylic oxidation sites excluding steroid dienone is 2. The lowest BCUT2D eigenvalue weighted by atomic mass is 9.82. The number of carbonyl (C=O) groups is 2. The fraction of sp³-hybridized carbons (Fsp3) is 0.714. The van der Waals surface area contributed by atoms with Crippen molar-refractivity contribution >= 4 is 11.9 Å². The van der Waals surface area contributed by atoms with Crippen molar-refractivity contribution in [2.24, 2.45) is 11.8 Å². The molecule has 1 N–H and O–H groups in total. The summed E-state index contributed by atoms with van der Waals surface area (Å²) in [4.78, 5) is 25.5. The Labute approximate surface area is 108 Å². The second-order valence-corrected chi connectivity index (χ2v) is 5.23. The molecule has 100 valence electrons. The SMILES string of the molecule is O=C(O)[C@@H]1CC=CC[C@H]1C(=O)N1CCCCCC1. The van der Waals surface area contributed by atoms with Gasteiger partial charge in [-0.2, -0.15) is 0 Å². The van der Waals surface area contributed by atoms with E-state index in [2.05, 4.69) is 0 Å². The van der Waals surface area contributed by atoms with E-state index in [-0.39, 0.29) is 11.8 Å². The number of carbonyl (C=O) groups excluding carboxylic acids is 1. The third-order valence-electron chi connectivity index (χ3n) is 3.98. The van der Waals surface area contributed by atoms with Crippen LogP contribution in [0.1, 0.15) is 38.5 Å². The molecule has 1 amide bonds. The van der Waals surface area contributed by atoms with E-state index in [4.69, 9.17) is 0 Å². The maximum absolute atomic E-state index is 12.4. The van der Waals surface area contributed by atoms with Gasteiger partial charge in [0.15, 0.2) is 0 Å². The summed E-state index contributed by atoms with van der Waals surface area (Å²) in [7, 11) is 0. The molecule has 18 heavy (non-hydrogen) atoms. The van der Waals surface area contributed by atoms with Crippen molar-refractivity contribution in [2.75, 3.05) is 13.1 Å². The average molecular weight is 251 g/mol. The summed E-state index contributed by atoms with van der Waals surface area (Å²) in [6.45, 7) is 1.59. The number of hydrogen-bond acceptors (Lipinski definition) is 2. The Kier molecular flexibility index (Phi) is 4.39. The number of amides is 1. The van der Waals surface area contributed by atoms with Crippen LogP contribution in [0.2, 0.25) is 0 Å². The fourth-order valence-corrected chi connectivity index (χ4v) is 2.89. The van der Waals surface area contributed by atoms with E-state index in [0.29, 0.717) is 12.8 Å². The fourth-order valence-electron chi connectivity index (χ4n) is 2.89. The summed E-state index contributed by atoms with van der Waals surface area (Å²) in [6, 6.07) is 0. The quantitative estimate of drug-likeness (QED) is 0.764. The third kappa shape index (κ3) is 2.92. The number of carboxylic acid groups (broad SMARTS) is 1. The predicted octanol–water partition coefficient (Wildman–Crippen LogP) is 2.06. The molecular formula is C14H21NO3. The Morgan fingerprint density at radius 3 is 2.06 bits per heavy atom. The third-order valence-corrected chi connectivity index (χ3v) is 3.98. The lowest BCUT2D eigenvalue weighted by molar-refractivity contribution is -0.150. The second kappa shape index (κ2) is 6.03. The molecule has 1 aliphatic heterocycles. The highest BCUT2D eigenvalue weighted by atomic mass is 16.4. The zero-order valence-corrected chi connectivity index (χ0v) is 10.7. The molecule has 1 saturated heterocycles. The first kappa shape index (κ1) is 13.1. The lowest BCUT2D eigenvalue weighted by Crippen LogP contribution is -2.42. The van der Waals surface area contributed by atoms with E-state index in [9.17, 15) is 14.7 Å². The molecule has 2 rings (SSSR count). The van der Waals surface area contributed by atoms with Crippen LogP contribution in [0.4, 0.5) is 0 Å². The number of rotatable bonds is 2. The van der Waals surface area contributed by atoms with Crippen LogP contribution in [0, 0.1) is 11.8 Å². The first-order valence-corrected chi connectivity index (χ1v) is 6.86. The zero-order valence-electron chi connectivity index (χ0n) is 10.7. The Morgan fingerprint density at radius 1 is 0.944 bits per heavy atom. The van der Waals surface area contributed by atoms with Gasteiger partial charge in [0.05, 0.1) is 11.8 Å². The summed E-state index contributed by atoms with van der Waals surface area (Å²) in [5, 5.41) is 9.21. The van der Waals surface area contributed by atoms with Crippen molar-refractivity contribution in [3.63, 3.8) is 0 Å². The number of carboxylic acids is 1. The minimum atomic E-state index is -0.840. The molecule has 0 unspecified atom stereocenters. The van der Waals surface area contributed by atoms with Gasteiger partial charge in [-0.3, -0.25) is 9.59 Å². The van der Waals surface area contributed by atoms with Crippen LogP contribution in [-0.4, -0.2) is 35.0 Å². The van der Waals surface area contributed by atoms with Crippen LogP contribution in [0.25, 0.3) is 0 Å². The normalized spacial score (nSPS) is 28.8. The van der Waals surface area contributed by atoms with Crippen molar-refractivity contribution in [3.8, 4) is 0 Å². The summed E-state index contributed by atoms with van der Waals surface area (Å²) in [6.07, 6.45) is 9.34. The van der Waals surface area contributed by atoms with Crippen molar-refractivity contribution in [1.82, 2.24) is 4.90 Å². The summed E-state index contributed by atoms with van der Waals surface area (Å²) in [5.41, 5.74) is 0. The van der Waals surface area contributed by atoms with E-state index < -0.39 is 11.9 Å². The average Bonchev–Trinajstić information content (AvgIpc) is 2.66. The number of aliphatic carboxylic acids is 1. The van der Waals surface area contributed by atoms with E-state index in [1.54, 1.807) is 0 Å². The lowest BCUT2D eigenvalue weighted by Gasteiger charge is -2.30. The Morgan fingerprint density at radius 2 is 1.50 bits per heavy atom. The number of hydrogen-bond donors (Lipinski definition) is 1. The van der Waals surface area contributed by atoms with Crippen LogP contribution in [0.3, 0.4) is 0 Å². The maximum atomic E-state index is 12.4. The molecule has 2 atom stereocenters. The van der Waals surface area contributed by atoms with Crippen molar-refractivity contribution < 1.29 is 14.7 Å². The minimum absolute atomic E-state index is 0.0497. The molecule has 4 nitrogen and oxygen atoms in total. The van der Waals surface area contributed by atoms with E-state index in [0.717, 1.165) is 25.9 Å². The van der Waals surface area contributed by atoms with Gasteiger partial charge in [0.25, 0.3) is 0 Å². The molecule has 0 spiro atoms. The standard InChI is InChI=1S/C14H21NO3/c16-13(15-9-5-1-2-6-10-15)11-7-3-4-8-12(11)14(17)18/h3-4,11-12H,1-2,5-10H2,(H,17,18)/t11-,12-/m1/s1. The Balaban J connectivity index is 2.05. The van der Waals surface area contributed by atoms with Gasteiger partial charge in [0.1, 0.15) is 0 Å². The first-order valence-electron chi connectivity index (χ1n) is 6.86. The van der Waals surface area contributed by atoms with E-state index in [1.165, 1.54) is 12.8 Å². The highest BCUT2D eigenvalue weighted by Gasteiger charge is 2.36. The molecule has 4 heteroatoms. The molecule has 0 saturated carbocycles. The molecule has 2 aliphatic rings. The van der Waals surface area contributed by atoms with Crippen molar-refractivity contribution in [3.05, 3.63) is 12.2 Å². The smallest absolute Gasteiger partial charge is 0.307 e. The summed E-state index contributed by atoms with van der Waals surface area (Å²) >= 11 is 0. The molecule has 1 fully saturated rings. The van der Waals surface area contributed by atoms with E-state index in [1.807, 2.05) is 17.1 Å². The topological polar surface area (TPSA) is 57.6 Å². The Bertz CT molecular complexity index is 343. The highest BCUT2D eigenvalue weighted by Crippen LogP contribution is 2.28. The summed E-state index contributed by atoms with van der Waals surface area (Å²) in [5.74, 6) is -1.68. The van der Waals surface area contributed by atoms with Gasteiger partial charge < -0.3 is 10.0 Å². The highest BCUT2D eigenvalue weighted by molar-refractivity contribution is 5.85. The van der Waals surface area contributed by atoms with Crippen LogP contribution in [-0.2, 0) is 9.59 Å². The zero-order chi connectivity index (χ0) is 13.0. The summed E-state index contributed by atoms with van der Waals surface area (Å²) < 4.78 is 0. The molecule has 0 aromatic carbocycles. The second-order valence-electron chi connectivity index (χ2n) is 5.23. The molecule has 1 heterocycles. The Hall–Kier alpha value is -1.32. The van der Waals surface area contributed by atoms with Gasteiger partial charge in [-0.25, -0.2) is 0 Å². The van der Waals surface area contributed by atoms with Gasteiger partial charge in [-0.1, -0.05) is 25.0 Å². The molecule has 1 aliphatic carbocycles. The van der Waals surface area contributed by atoms with Crippen LogP contribution in [0.15, 0.2) is 12.2 Å². The minimum Gasteiger partial charge on any atom is -0.481 e. The number of likely N-dealkylation sites (tertiary alicyclic amines) is 1. The predicted molar refractivity (Wildman–Crippen MR) is 68.0 cm³/mol. The molecule has 0 aromatic heterocycles. The van der Waals surface area contributed by atoms with Crippen LogP contribution >= 0.6 is 0 Å². The monoisotopic (exact) mass is 251 g/mol. The van der Waals surface area contributed by atoms with Gasteiger partial charge >= 0.3 is 5.97 Å². The van der Waals surface area contributed by atoms with E-state index >= 15 is 0 Å². The maximum Gasteiger partial charge on any atom is 0.307 e. The van der Waals surface area contributed by atoms with Gasteiger partial charge in [-0.15, -0.1) is 0 Å². The van der Waals surface area contributed by atoms with Gasteiger partial charge in [-0.05, 0) is 25.7 Å². The molecule has 0 bridgehead atoms. The number of nitrogens with zero attached hydrogens (tertiary/aromatic N) is 1.